The van der Waals surface area contributed by atoms with E-state index in [0.29, 0.717) is 22.9 Å². The summed E-state index contributed by atoms with van der Waals surface area (Å²) in [6.07, 6.45) is 9.20. The Morgan fingerprint density at radius 1 is 1.03 bits per heavy atom. The van der Waals surface area contributed by atoms with Crippen molar-refractivity contribution in [1.82, 2.24) is 4.90 Å². The summed E-state index contributed by atoms with van der Waals surface area (Å²) in [5.74, 6) is 2.60. The summed E-state index contributed by atoms with van der Waals surface area (Å²) in [5, 5.41) is 0. The molecular formula is C27H39NO2. The molecule has 8 atom stereocenters. The fourth-order valence-electron chi connectivity index (χ4n) is 8.51. The fourth-order valence-corrected chi connectivity index (χ4v) is 8.51. The molecule has 3 unspecified atom stereocenters. The van der Waals surface area contributed by atoms with Gasteiger partial charge in [-0.25, -0.2) is 4.79 Å². The van der Waals surface area contributed by atoms with Crippen LogP contribution in [-0.4, -0.2) is 35.1 Å². The predicted octanol–water partition coefficient (Wildman–Crippen LogP) is 5.94. The van der Waals surface area contributed by atoms with E-state index >= 15 is 0 Å². The van der Waals surface area contributed by atoms with Crippen molar-refractivity contribution in [3.63, 3.8) is 0 Å². The number of hydrogen-bond donors (Lipinski definition) is 0. The highest BCUT2D eigenvalue weighted by atomic mass is 16.5. The minimum absolute atomic E-state index is 0.0484. The molecule has 2 aliphatic carbocycles. The number of fused-ring (bicyclic) bond motifs is 5. The van der Waals surface area contributed by atoms with Gasteiger partial charge >= 0.3 is 5.97 Å². The lowest BCUT2D eigenvalue weighted by atomic mass is 9.52. The first kappa shape index (κ1) is 20.5. The highest BCUT2D eigenvalue weighted by molar-refractivity contribution is 5.89. The van der Waals surface area contributed by atoms with Crippen LogP contribution in [0.3, 0.4) is 0 Å². The van der Waals surface area contributed by atoms with Crippen LogP contribution in [-0.2, 0) is 4.74 Å². The third-order valence-electron chi connectivity index (χ3n) is 9.91. The first-order chi connectivity index (χ1) is 14.3. The number of ether oxygens (including phenoxy) is 1. The van der Waals surface area contributed by atoms with Gasteiger partial charge in [0.25, 0.3) is 0 Å². The molecule has 0 N–H and O–H groups in total. The molecule has 3 heteroatoms. The number of carbonyl (C=O) groups excluding carboxylic acids is 1. The molecule has 2 saturated carbocycles. The second-order valence-corrected chi connectivity index (χ2v) is 11.4. The van der Waals surface area contributed by atoms with E-state index in [0.717, 1.165) is 17.9 Å². The van der Waals surface area contributed by atoms with Crippen LogP contribution < -0.4 is 0 Å². The van der Waals surface area contributed by atoms with Gasteiger partial charge in [-0.05, 0) is 94.7 Å². The van der Waals surface area contributed by atoms with Crippen molar-refractivity contribution in [2.75, 3.05) is 6.54 Å². The van der Waals surface area contributed by atoms with Gasteiger partial charge in [0.05, 0.1) is 5.56 Å². The molecule has 0 spiro atoms. The molecule has 0 radical (unpaired) electrons. The van der Waals surface area contributed by atoms with Gasteiger partial charge in [-0.2, -0.15) is 0 Å². The average molecular weight is 410 g/mol. The van der Waals surface area contributed by atoms with Crippen molar-refractivity contribution in [3.8, 4) is 0 Å². The summed E-state index contributed by atoms with van der Waals surface area (Å²) in [6.45, 7) is 11.0. The smallest absolute Gasteiger partial charge is 0.338 e. The minimum Gasteiger partial charge on any atom is -0.458 e. The highest BCUT2D eigenvalue weighted by Gasteiger charge is 2.62. The molecular weight excluding hydrogens is 370 g/mol. The first-order valence-electron chi connectivity index (χ1n) is 12.4. The Balaban J connectivity index is 1.39. The molecule has 0 amide bonds. The number of esters is 1. The van der Waals surface area contributed by atoms with Gasteiger partial charge in [0.2, 0.25) is 0 Å². The number of hydrogen-bond acceptors (Lipinski definition) is 3. The third kappa shape index (κ3) is 2.98. The zero-order chi connectivity index (χ0) is 21.1. The van der Waals surface area contributed by atoms with Gasteiger partial charge in [0.15, 0.2) is 0 Å². The van der Waals surface area contributed by atoms with E-state index < -0.39 is 0 Å². The topological polar surface area (TPSA) is 29.5 Å². The maximum absolute atomic E-state index is 12.9. The SMILES string of the molecule is CC1C[C@H]2[C@@H]3CCN4C(C)CCC[C@]4(C)[C@@H]3CC[C@]2(C)C1OC(=O)c1ccccc1. The first-order valence-corrected chi connectivity index (χ1v) is 12.4. The highest BCUT2D eigenvalue weighted by Crippen LogP contribution is 2.63. The number of benzene rings is 1. The van der Waals surface area contributed by atoms with Crippen molar-refractivity contribution >= 4 is 5.97 Å². The largest absolute Gasteiger partial charge is 0.458 e. The van der Waals surface area contributed by atoms with E-state index in [-0.39, 0.29) is 17.5 Å². The van der Waals surface area contributed by atoms with Crippen LogP contribution in [0.4, 0.5) is 0 Å². The summed E-state index contributed by atoms with van der Waals surface area (Å²) < 4.78 is 6.26. The maximum atomic E-state index is 12.9. The van der Waals surface area contributed by atoms with Crippen molar-refractivity contribution in [3.05, 3.63) is 35.9 Å². The zero-order valence-corrected chi connectivity index (χ0v) is 19.3. The summed E-state index contributed by atoms with van der Waals surface area (Å²) in [5.41, 5.74) is 1.19. The van der Waals surface area contributed by atoms with E-state index in [1.54, 1.807) is 0 Å². The molecule has 4 fully saturated rings. The molecule has 2 saturated heterocycles. The maximum Gasteiger partial charge on any atom is 0.338 e. The fraction of sp³-hybridized carbons (Fsp3) is 0.741. The second-order valence-electron chi connectivity index (χ2n) is 11.4. The average Bonchev–Trinajstić information content (AvgIpc) is 2.99. The Hall–Kier alpha value is -1.35. The Bertz CT molecular complexity index is 793. The van der Waals surface area contributed by atoms with Crippen molar-refractivity contribution in [2.45, 2.75) is 90.3 Å². The van der Waals surface area contributed by atoms with E-state index in [2.05, 4.69) is 32.6 Å². The third-order valence-corrected chi connectivity index (χ3v) is 9.91. The lowest BCUT2D eigenvalue weighted by molar-refractivity contribution is -0.139. The van der Waals surface area contributed by atoms with Crippen LogP contribution >= 0.6 is 0 Å². The van der Waals surface area contributed by atoms with Crippen LogP contribution in [0.15, 0.2) is 30.3 Å². The van der Waals surface area contributed by atoms with Gasteiger partial charge in [0.1, 0.15) is 6.10 Å². The minimum atomic E-state index is -0.140. The van der Waals surface area contributed by atoms with Crippen LogP contribution in [0.25, 0.3) is 0 Å². The zero-order valence-electron chi connectivity index (χ0n) is 19.3. The molecule has 30 heavy (non-hydrogen) atoms. The normalized spacial score (nSPS) is 45.9. The number of rotatable bonds is 2. The molecule has 2 heterocycles. The lowest BCUT2D eigenvalue weighted by Gasteiger charge is -2.63. The van der Waals surface area contributed by atoms with Crippen LogP contribution in [0.5, 0.6) is 0 Å². The molecule has 164 valence electrons. The van der Waals surface area contributed by atoms with Gasteiger partial charge in [-0.15, -0.1) is 0 Å². The Morgan fingerprint density at radius 2 is 1.80 bits per heavy atom. The number of carbonyl (C=O) groups is 1. The summed E-state index contributed by atoms with van der Waals surface area (Å²) in [7, 11) is 0. The molecule has 0 bridgehead atoms. The van der Waals surface area contributed by atoms with Gasteiger partial charge in [-0.3, -0.25) is 4.90 Å². The van der Waals surface area contributed by atoms with Gasteiger partial charge in [0, 0.05) is 17.0 Å². The summed E-state index contributed by atoms with van der Waals surface area (Å²) >= 11 is 0. The van der Waals surface area contributed by atoms with Crippen LogP contribution in [0, 0.1) is 29.1 Å². The predicted molar refractivity (Wildman–Crippen MR) is 120 cm³/mol. The monoisotopic (exact) mass is 409 g/mol. The quantitative estimate of drug-likeness (QED) is 0.566. The lowest BCUT2D eigenvalue weighted by Crippen LogP contribution is -2.65. The van der Waals surface area contributed by atoms with E-state index in [1.807, 2.05) is 30.3 Å². The van der Waals surface area contributed by atoms with Gasteiger partial charge < -0.3 is 4.74 Å². The molecule has 2 aliphatic heterocycles. The van der Waals surface area contributed by atoms with E-state index in [9.17, 15) is 4.79 Å². The number of nitrogens with zero attached hydrogens (tertiary/aromatic N) is 1. The van der Waals surface area contributed by atoms with Crippen LogP contribution in [0.2, 0.25) is 0 Å². The second kappa shape index (κ2) is 7.36. The molecule has 4 aliphatic rings. The van der Waals surface area contributed by atoms with E-state index in [4.69, 9.17) is 4.74 Å². The summed E-state index contributed by atoms with van der Waals surface area (Å²) in [6, 6.07) is 10.3. The van der Waals surface area contributed by atoms with Crippen molar-refractivity contribution in [2.24, 2.45) is 29.1 Å². The molecule has 3 nitrogen and oxygen atoms in total. The Morgan fingerprint density at radius 3 is 2.57 bits per heavy atom. The van der Waals surface area contributed by atoms with Crippen molar-refractivity contribution < 1.29 is 9.53 Å². The summed E-state index contributed by atoms with van der Waals surface area (Å²) in [4.78, 5) is 15.8. The van der Waals surface area contributed by atoms with Crippen molar-refractivity contribution in [1.29, 1.82) is 0 Å². The molecule has 1 aromatic rings. The number of piperidine rings is 2. The Kier molecular flexibility index (Phi) is 5.04. The van der Waals surface area contributed by atoms with E-state index in [1.165, 1.54) is 51.5 Å². The molecule has 1 aromatic carbocycles. The molecule has 5 rings (SSSR count). The van der Waals surface area contributed by atoms with Crippen LogP contribution in [0.1, 0.15) is 83.0 Å². The Labute approximate surface area is 182 Å². The molecule has 0 aromatic heterocycles. The standard InChI is InChI=1S/C27H39NO2/c1-18-17-23-21-13-16-28-19(2)9-8-14-27(28,4)22(21)12-15-26(23,3)24(18)30-25(29)20-10-6-5-7-11-20/h5-7,10-11,18-19,21-24H,8-9,12-17H2,1-4H3/t18?,19?,21-,22-,23+,24?,26+,27-/m1/s1. The van der Waals surface area contributed by atoms with Gasteiger partial charge in [-0.1, -0.05) is 38.5 Å².